The summed E-state index contributed by atoms with van der Waals surface area (Å²) in [7, 11) is 2.93. The molecule has 0 saturated heterocycles. The molecule has 0 spiro atoms. The van der Waals surface area contributed by atoms with Crippen molar-refractivity contribution in [3.8, 4) is 28.7 Å². The van der Waals surface area contributed by atoms with Crippen molar-refractivity contribution in [2.45, 2.75) is 0 Å². The van der Waals surface area contributed by atoms with E-state index in [4.69, 9.17) is 28.4 Å². The molecule has 1 heterocycles. The monoisotopic (exact) mass is 402 g/mol. The Morgan fingerprint density at radius 3 is 2.52 bits per heavy atom. The summed E-state index contributed by atoms with van der Waals surface area (Å²) in [6.45, 7) is 0.874. The fourth-order valence-corrected chi connectivity index (χ4v) is 2.69. The minimum atomic E-state index is -0.443. The maximum atomic E-state index is 12.7. The van der Waals surface area contributed by atoms with Gasteiger partial charge in [-0.05, 0) is 23.8 Å². The molecule has 8 nitrogen and oxygen atoms in total. The van der Waals surface area contributed by atoms with Gasteiger partial charge in [0.15, 0.2) is 30.9 Å². The molecule has 2 aromatic rings. The van der Waals surface area contributed by atoms with Gasteiger partial charge in [-0.25, -0.2) is 0 Å². The molecule has 3 rings (SSSR count). The van der Waals surface area contributed by atoms with Crippen LogP contribution in [0.1, 0.15) is 15.9 Å². The van der Waals surface area contributed by atoms with Gasteiger partial charge in [-0.1, -0.05) is 12.1 Å². The lowest BCUT2D eigenvalue weighted by Gasteiger charge is -2.18. The molecule has 1 aliphatic heterocycles. The molecule has 8 heteroatoms. The van der Waals surface area contributed by atoms with E-state index in [1.165, 1.54) is 32.4 Å². The number of phenolic OH excluding ortho intramolecular Hbond substituents is 1. The van der Waals surface area contributed by atoms with Crippen molar-refractivity contribution in [2.24, 2.45) is 0 Å². The molecule has 0 bridgehead atoms. The third-order valence-corrected chi connectivity index (χ3v) is 3.97. The zero-order valence-electron chi connectivity index (χ0n) is 16.2. The van der Waals surface area contributed by atoms with Crippen molar-refractivity contribution in [3.63, 3.8) is 0 Å². The number of phenols is 1. The van der Waals surface area contributed by atoms with Crippen molar-refractivity contribution in [1.82, 2.24) is 0 Å². The van der Waals surface area contributed by atoms with Crippen LogP contribution in [0.3, 0.4) is 0 Å². The van der Waals surface area contributed by atoms with Gasteiger partial charge in [0.2, 0.25) is 0 Å². The highest BCUT2D eigenvalue weighted by atomic mass is 16.7. The highest BCUT2D eigenvalue weighted by Crippen LogP contribution is 2.35. The van der Waals surface area contributed by atoms with Crippen molar-refractivity contribution in [2.75, 3.05) is 41.0 Å². The minimum Gasteiger partial charge on any atom is -0.507 e. The number of ketones is 1. The van der Waals surface area contributed by atoms with Crippen molar-refractivity contribution < 1.29 is 38.3 Å². The Labute approximate surface area is 168 Å². The van der Waals surface area contributed by atoms with Gasteiger partial charge in [-0.3, -0.25) is 4.79 Å². The standard InChI is InChI=1S/C21H22O8/c1-24-12-28-15-10-17(23)21(20(11-15)29-13-25-2)16(22)5-3-14-4-6-18-19(9-14)27-8-7-26-18/h3-6,9-11,23H,7-8,12-13H2,1-2H3. The summed E-state index contributed by atoms with van der Waals surface area (Å²) in [5.41, 5.74) is 0.752. The molecule has 0 fully saturated rings. The quantitative estimate of drug-likeness (QED) is 0.389. The zero-order valence-corrected chi connectivity index (χ0v) is 16.2. The van der Waals surface area contributed by atoms with E-state index in [1.54, 1.807) is 24.3 Å². The number of aromatic hydroxyl groups is 1. The van der Waals surface area contributed by atoms with E-state index in [0.717, 1.165) is 5.56 Å². The summed E-state index contributed by atoms with van der Waals surface area (Å²) < 4.78 is 31.5. The van der Waals surface area contributed by atoms with Crippen LogP contribution in [-0.2, 0) is 9.47 Å². The Kier molecular flexibility index (Phi) is 6.94. The Balaban J connectivity index is 1.84. The summed E-state index contributed by atoms with van der Waals surface area (Å²) in [5.74, 6) is 0.998. The number of benzene rings is 2. The first-order valence-corrected chi connectivity index (χ1v) is 8.85. The van der Waals surface area contributed by atoms with Crippen molar-refractivity contribution in [1.29, 1.82) is 0 Å². The lowest BCUT2D eigenvalue weighted by Crippen LogP contribution is -2.15. The molecule has 154 valence electrons. The normalized spacial score (nSPS) is 12.8. The predicted octanol–water partition coefficient (Wildman–Crippen LogP) is 3.02. The van der Waals surface area contributed by atoms with Gasteiger partial charge in [-0.2, -0.15) is 0 Å². The third-order valence-electron chi connectivity index (χ3n) is 3.97. The van der Waals surface area contributed by atoms with Crippen molar-refractivity contribution >= 4 is 11.9 Å². The van der Waals surface area contributed by atoms with Crippen LogP contribution in [0.5, 0.6) is 28.7 Å². The van der Waals surface area contributed by atoms with Crippen LogP contribution in [0.4, 0.5) is 0 Å². The summed E-state index contributed by atoms with van der Waals surface area (Å²) >= 11 is 0. The molecule has 0 radical (unpaired) electrons. The summed E-state index contributed by atoms with van der Waals surface area (Å²) in [6.07, 6.45) is 2.96. The third kappa shape index (κ3) is 5.18. The van der Waals surface area contributed by atoms with Crippen LogP contribution in [0.2, 0.25) is 0 Å². The maximum absolute atomic E-state index is 12.7. The van der Waals surface area contributed by atoms with Crippen LogP contribution in [0.15, 0.2) is 36.4 Å². The molecule has 0 saturated carbocycles. The second kappa shape index (κ2) is 9.81. The molecule has 2 aromatic carbocycles. The fraction of sp³-hybridized carbons (Fsp3) is 0.286. The number of carbonyl (C=O) groups excluding carboxylic acids is 1. The molecule has 1 aliphatic rings. The molecule has 29 heavy (non-hydrogen) atoms. The van der Waals surface area contributed by atoms with Gasteiger partial charge < -0.3 is 33.5 Å². The predicted molar refractivity (Wildman–Crippen MR) is 104 cm³/mol. The van der Waals surface area contributed by atoms with Gasteiger partial charge in [0.05, 0.1) is 0 Å². The van der Waals surface area contributed by atoms with E-state index >= 15 is 0 Å². The first-order valence-electron chi connectivity index (χ1n) is 8.85. The second-order valence-corrected chi connectivity index (χ2v) is 6.02. The largest absolute Gasteiger partial charge is 0.507 e. The van der Waals surface area contributed by atoms with Crippen LogP contribution >= 0.6 is 0 Å². The minimum absolute atomic E-state index is 0.000565. The van der Waals surface area contributed by atoms with E-state index in [0.29, 0.717) is 30.5 Å². The first kappa shape index (κ1) is 20.5. The number of fused-ring (bicyclic) bond motifs is 1. The molecule has 0 aromatic heterocycles. The smallest absolute Gasteiger partial charge is 0.193 e. The van der Waals surface area contributed by atoms with Gasteiger partial charge >= 0.3 is 0 Å². The van der Waals surface area contributed by atoms with Gasteiger partial charge in [0.1, 0.15) is 36.0 Å². The lowest BCUT2D eigenvalue weighted by molar-refractivity contribution is 0.0453. The SMILES string of the molecule is COCOc1cc(O)c(C(=O)C=Cc2ccc3c(c2)OCCO3)c(OCOC)c1. The number of ether oxygens (including phenoxy) is 6. The number of allylic oxidation sites excluding steroid dienone is 1. The van der Waals surface area contributed by atoms with E-state index in [-0.39, 0.29) is 30.6 Å². The van der Waals surface area contributed by atoms with E-state index in [2.05, 4.69) is 0 Å². The Morgan fingerprint density at radius 2 is 1.76 bits per heavy atom. The zero-order chi connectivity index (χ0) is 20.6. The highest BCUT2D eigenvalue weighted by molar-refractivity contribution is 6.10. The molecule has 0 aliphatic carbocycles. The fourth-order valence-electron chi connectivity index (χ4n) is 2.69. The van der Waals surface area contributed by atoms with E-state index in [9.17, 15) is 9.90 Å². The summed E-state index contributed by atoms with van der Waals surface area (Å²) in [4.78, 5) is 12.7. The molecule has 0 atom stereocenters. The topological polar surface area (TPSA) is 92.7 Å². The highest BCUT2D eigenvalue weighted by Gasteiger charge is 2.19. The maximum Gasteiger partial charge on any atom is 0.193 e. The van der Waals surface area contributed by atoms with Crippen molar-refractivity contribution in [3.05, 3.63) is 47.5 Å². The van der Waals surface area contributed by atoms with E-state index < -0.39 is 5.78 Å². The summed E-state index contributed by atoms with van der Waals surface area (Å²) in [5, 5.41) is 10.4. The molecule has 0 amide bonds. The number of carbonyl (C=O) groups is 1. The molecule has 1 N–H and O–H groups in total. The van der Waals surface area contributed by atoms with Crippen LogP contribution in [0, 0.1) is 0 Å². The molecule has 0 unspecified atom stereocenters. The van der Waals surface area contributed by atoms with Crippen LogP contribution < -0.4 is 18.9 Å². The average Bonchev–Trinajstić information content (AvgIpc) is 2.74. The Morgan fingerprint density at radius 1 is 1.03 bits per heavy atom. The van der Waals surface area contributed by atoms with Gasteiger partial charge in [0, 0.05) is 26.4 Å². The van der Waals surface area contributed by atoms with Crippen LogP contribution in [-0.4, -0.2) is 51.9 Å². The number of hydrogen-bond donors (Lipinski definition) is 1. The van der Waals surface area contributed by atoms with Gasteiger partial charge in [0.25, 0.3) is 0 Å². The van der Waals surface area contributed by atoms with E-state index in [1.807, 2.05) is 0 Å². The summed E-state index contributed by atoms with van der Waals surface area (Å²) in [6, 6.07) is 8.18. The average molecular weight is 402 g/mol. The van der Waals surface area contributed by atoms with Gasteiger partial charge in [-0.15, -0.1) is 0 Å². The second-order valence-electron chi connectivity index (χ2n) is 6.02. The Hall–Kier alpha value is -3.23. The lowest BCUT2D eigenvalue weighted by atomic mass is 10.1. The molecular formula is C21H22O8. The van der Waals surface area contributed by atoms with Crippen LogP contribution in [0.25, 0.3) is 6.08 Å². The number of hydrogen-bond acceptors (Lipinski definition) is 8. The Bertz CT molecular complexity index is 890. The number of methoxy groups -OCH3 is 2. The number of rotatable bonds is 9. The molecular weight excluding hydrogens is 380 g/mol. The first-order chi connectivity index (χ1) is 14.1.